The smallest absolute Gasteiger partial charge is 0.315 e. The largest absolute Gasteiger partial charge is 0.481 e. The summed E-state index contributed by atoms with van der Waals surface area (Å²) in [6.07, 6.45) is 1.24. The van der Waals surface area contributed by atoms with Crippen molar-refractivity contribution in [3.63, 3.8) is 0 Å². The molecule has 3 N–H and O–H groups in total. The van der Waals surface area contributed by atoms with Gasteiger partial charge in [-0.25, -0.2) is 9.18 Å². The summed E-state index contributed by atoms with van der Waals surface area (Å²) < 4.78 is 13.1. The molecule has 2 rings (SSSR count). The number of hydrogen-bond donors (Lipinski definition) is 3. The Morgan fingerprint density at radius 3 is 2.90 bits per heavy atom. The highest BCUT2D eigenvalue weighted by atomic mass is 19.1. The molecule has 5 nitrogen and oxygen atoms in total. The Labute approximate surface area is 116 Å². The van der Waals surface area contributed by atoms with Crippen LogP contribution in [0, 0.1) is 5.82 Å². The van der Waals surface area contributed by atoms with Gasteiger partial charge in [0.25, 0.3) is 0 Å². The Morgan fingerprint density at radius 2 is 2.20 bits per heavy atom. The molecule has 0 radical (unpaired) electrons. The molecule has 1 aliphatic carbocycles. The minimum absolute atomic E-state index is 0.0243. The fraction of sp³-hybridized carbons (Fsp3) is 0.429. The molecule has 1 fully saturated rings. The SMILES string of the molecule is O=C(O)CCCNC(=O)NC1CC1c1cccc(F)c1. The van der Waals surface area contributed by atoms with E-state index < -0.39 is 5.97 Å². The van der Waals surface area contributed by atoms with Crippen LogP contribution in [0.5, 0.6) is 0 Å². The van der Waals surface area contributed by atoms with Crippen molar-refractivity contribution in [2.75, 3.05) is 6.54 Å². The number of carboxylic acid groups (broad SMARTS) is 1. The van der Waals surface area contributed by atoms with Gasteiger partial charge in [-0.3, -0.25) is 4.79 Å². The number of nitrogens with one attached hydrogen (secondary N) is 2. The first-order valence-electron chi connectivity index (χ1n) is 6.58. The highest BCUT2D eigenvalue weighted by Crippen LogP contribution is 2.40. The fourth-order valence-corrected chi connectivity index (χ4v) is 2.12. The Morgan fingerprint density at radius 1 is 1.40 bits per heavy atom. The minimum Gasteiger partial charge on any atom is -0.481 e. The normalized spacial score (nSPS) is 20.2. The van der Waals surface area contributed by atoms with Crippen molar-refractivity contribution in [1.29, 1.82) is 0 Å². The van der Waals surface area contributed by atoms with Gasteiger partial charge >= 0.3 is 12.0 Å². The van der Waals surface area contributed by atoms with Gasteiger partial charge in [-0.2, -0.15) is 0 Å². The number of carbonyl (C=O) groups is 2. The van der Waals surface area contributed by atoms with Crippen LogP contribution < -0.4 is 10.6 Å². The molecule has 6 heteroatoms. The predicted molar refractivity (Wildman–Crippen MR) is 71.0 cm³/mol. The third kappa shape index (κ3) is 4.22. The van der Waals surface area contributed by atoms with E-state index in [-0.39, 0.29) is 30.2 Å². The van der Waals surface area contributed by atoms with Gasteiger partial charge in [0.15, 0.2) is 0 Å². The van der Waals surface area contributed by atoms with Gasteiger partial charge in [-0.1, -0.05) is 12.1 Å². The zero-order valence-electron chi connectivity index (χ0n) is 10.9. The van der Waals surface area contributed by atoms with Crippen molar-refractivity contribution in [3.05, 3.63) is 35.6 Å². The van der Waals surface area contributed by atoms with Crippen LogP contribution in [0.15, 0.2) is 24.3 Å². The third-order valence-electron chi connectivity index (χ3n) is 3.24. The first-order chi connectivity index (χ1) is 9.56. The maximum Gasteiger partial charge on any atom is 0.315 e. The summed E-state index contributed by atoms with van der Waals surface area (Å²) >= 11 is 0. The summed E-state index contributed by atoms with van der Waals surface area (Å²) in [4.78, 5) is 21.8. The number of benzene rings is 1. The van der Waals surface area contributed by atoms with Gasteiger partial charge in [0.05, 0.1) is 0 Å². The van der Waals surface area contributed by atoms with Crippen LogP contribution in [0.4, 0.5) is 9.18 Å². The summed E-state index contributed by atoms with van der Waals surface area (Å²) in [5.74, 6) is -0.984. The molecule has 2 unspecified atom stereocenters. The van der Waals surface area contributed by atoms with Crippen molar-refractivity contribution in [2.24, 2.45) is 0 Å². The Bertz CT molecular complexity index is 507. The Balaban J connectivity index is 1.68. The first-order valence-corrected chi connectivity index (χ1v) is 6.58. The monoisotopic (exact) mass is 280 g/mol. The van der Waals surface area contributed by atoms with E-state index in [1.807, 2.05) is 6.07 Å². The fourth-order valence-electron chi connectivity index (χ4n) is 2.12. The van der Waals surface area contributed by atoms with E-state index in [1.54, 1.807) is 6.07 Å². The molecule has 1 aromatic carbocycles. The quantitative estimate of drug-likeness (QED) is 0.696. The summed E-state index contributed by atoms with van der Waals surface area (Å²) in [5.41, 5.74) is 0.890. The molecule has 1 aliphatic rings. The zero-order valence-corrected chi connectivity index (χ0v) is 10.9. The van der Waals surface area contributed by atoms with Crippen LogP contribution in [0.3, 0.4) is 0 Å². The summed E-state index contributed by atoms with van der Waals surface area (Å²) in [6, 6.07) is 6.10. The highest BCUT2D eigenvalue weighted by Gasteiger charge is 2.39. The first kappa shape index (κ1) is 14.3. The number of carboxylic acids is 1. The molecular weight excluding hydrogens is 263 g/mol. The number of hydrogen-bond acceptors (Lipinski definition) is 2. The second-order valence-electron chi connectivity index (χ2n) is 4.90. The van der Waals surface area contributed by atoms with Crippen LogP contribution in [-0.2, 0) is 4.79 Å². The molecule has 1 saturated carbocycles. The molecule has 0 bridgehead atoms. The second kappa shape index (κ2) is 6.36. The molecule has 20 heavy (non-hydrogen) atoms. The van der Waals surface area contributed by atoms with E-state index in [2.05, 4.69) is 10.6 Å². The van der Waals surface area contributed by atoms with Gasteiger partial charge in [0.1, 0.15) is 5.82 Å². The number of amides is 2. The van der Waals surface area contributed by atoms with E-state index in [0.29, 0.717) is 13.0 Å². The zero-order chi connectivity index (χ0) is 14.5. The van der Waals surface area contributed by atoms with Crippen LogP contribution >= 0.6 is 0 Å². The predicted octanol–water partition coefficient (Wildman–Crippen LogP) is 1.85. The molecule has 0 aromatic heterocycles. The molecule has 1 aromatic rings. The number of aliphatic carboxylic acids is 1. The molecular formula is C14H17FN2O3. The van der Waals surface area contributed by atoms with Crippen molar-refractivity contribution < 1.29 is 19.1 Å². The molecule has 2 atom stereocenters. The van der Waals surface area contributed by atoms with Crippen LogP contribution in [-0.4, -0.2) is 29.7 Å². The van der Waals surface area contributed by atoms with Crippen LogP contribution in [0.25, 0.3) is 0 Å². The summed E-state index contributed by atoms with van der Waals surface area (Å²) in [5, 5.41) is 13.9. The lowest BCUT2D eigenvalue weighted by Gasteiger charge is -2.07. The standard InChI is InChI=1S/C14H17FN2O3/c15-10-4-1-3-9(7-10)11-8-12(11)17-14(20)16-6-2-5-13(18)19/h1,3-4,7,11-12H,2,5-6,8H2,(H,18,19)(H2,16,17,20). The van der Waals surface area contributed by atoms with E-state index in [4.69, 9.17) is 5.11 Å². The Hall–Kier alpha value is -2.11. The Kier molecular flexibility index (Phi) is 4.55. The minimum atomic E-state index is -0.874. The average Bonchev–Trinajstić information content (AvgIpc) is 3.14. The third-order valence-corrected chi connectivity index (χ3v) is 3.24. The second-order valence-corrected chi connectivity index (χ2v) is 4.90. The topological polar surface area (TPSA) is 78.4 Å². The molecule has 0 saturated heterocycles. The molecule has 0 spiro atoms. The lowest BCUT2D eigenvalue weighted by molar-refractivity contribution is -0.137. The highest BCUT2D eigenvalue weighted by molar-refractivity contribution is 5.75. The van der Waals surface area contributed by atoms with Gasteiger partial charge in [-0.15, -0.1) is 0 Å². The lowest BCUT2D eigenvalue weighted by Crippen LogP contribution is -2.37. The number of halogens is 1. The van der Waals surface area contributed by atoms with Gasteiger partial charge < -0.3 is 15.7 Å². The van der Waals surface area contributed by atoms with E-state index >= 15 is 0 Å². The van der Waals surface area contributed by atoms with Gasteiger partial charge in [-0.05, 0) is 30.5 Å². The molecule has 0 heterocycles. The summed E-state index contributed by atoms with van der Waals surface area (Å²) in [7, 11) is 0. The van der Waals surface area contributed by atoms with Crippen molar-refractivity contribution in [1.82, 2.24) is 10.6 Å². The number of carbonyl (C=O) groups excluding carboxylic acids is 1. The van der Waals surface area contributed by atoms with E-state index in [1.165, 1.54) is 12.1 Å². The molecule has 2 amide bonds. The van der Waals surface area contributed by atoms with Crippen LogP contribution in [0.1, 0.15) is 30.7 Å². The maximum absolute atomic E-state index is 13.1. The van der Waals surface area contributed by atoms with Crippen molar-refractivity contribution in [2.45, 2.75) is 31.2 Å². The lowest BCUT2D eigenvalue weighted by atomic mass is 10.1. The molecule has 0 aliphatic heterocycles. The van der Waals surface area contributed by atoms with E-state index in [9.17, 15) is 14.0 Å². The summed E-state index contributed by atoms with van der Waals surface area (Å²) in [6.45, 7) is 0.329. The van der Waals surface area contributed by atoms with Crippen molar-refractivity contribution in [3.8, 4) is 0 Å². The molecule has 108 valence electrons. The van der Waals surface area contributed by atoms with E-state index in [0.717, 1.165) is 12.0 Å². The number of rotatable bonds is 6. The van der Waals surface area contributed by atoms with Gasteiger partial charge in [0.2, 0.25) is 0 Å². The number of urea groups is 1. The van der Waals surface area contributed by atoms with Crippen molar-refractivity contribution >= 4 is 12.0 Å². The maximum atomic E-state index is 13.1. The van der Waals surface area contributed by atoms with Crippen LogP contribution in [0.2, 0.25) is 0 Å². The average molecular weight is 280 g/mol. The van der Waals surface area contributed by atoms with Gasteiger partial charge in [0, 0.05) is 24.9 Å².